The van der Waals surface area contributed by atoms with Gasteiger partial charge in [0.1, 0.15) is 0 Å². The Kier molecular flexibility index (Phi) is 6.44. The van der Waals surface area contributed by atoms with Crippen LogP contribution in [0, 0.1) is 12.8 Å². The molecular weight excluding hydrogens is 228 g/mol. The van der Waals surface area contributed by atoms with Gasteiger partial charge in [0.25, 0.3) is 0 Å². The zero-order valence-corrected chi connectivity index (χ0v) is 10.9. The highest BCUT2D eigenvalue weighted by molar-refractivity contribution is 5.70. The molecule has 1 atom stereocenters. The SMILES string of the molecule is Cc1ccccc1CC(CCCCCO)C(=O)O. The highest BCUT2D eigenvalue weighted by Gasteiger charge is 2.18. The molecule has 3 heteroatoms. The molecule has 0 fully saturated rings. The summed E-state index contributed by atoms with van der Waals surface area (Å²) in [5, 5.41) is 17.9. The predicted octanol–water partition coefficient (Wildman–Crippen LogP) is 2.79. The van der Waals surface area contributed by atoms with Crippen molar-refractivity contribution in [2.75, 3.05) is 6.61 Å². The summed E-state index contributed by atoms with van der Waals surface area (Å²) in [4.78, 5) is 11.2. The fourth-order valence-electron chi connectivity index (χ4n) is 2.10. The highest BCUT2D eigenvalue weighted by Crippen LogP contribution is 2.18. The molecule has 0 radical (unpaired) electrons. The summed E-state index contributed by atoms with van der Waals surface area (Å²) in [6.07, 6.45) is 3.80. The molecule has 0 amide bonds. The number of carboxylic acid groups (broad SMARTS) is 1. The molecule has 1 aromatic carbocycles. The van der Waals surface area contributed by atoms with Crippen molar-refractivity contribution in [1.29, 1.82) is 0 Å². The van der Waals surface area contributed by atoms with Crippen LogP contribution in [0.3, 0.4) is 0 Å². The molecule has 100 valence electrons. The zero-order chi connectivity index (χ0) is 13.4. The molecular formula is C15H22O3. The van der Waals surface area contributed by atoms with Crippen LogP contribution in [-0.4, -0.2) is 22.8 Å². The minimum atomic E-state index is -0.720. The van der Waals surface area contributed by atoms with Crippen LogP contribution in [0.15, 0.2) is 24.3 Å². The molecule has 3 nitrogen and oxygen atoms in total. The van der Waals surface area contributed by atoms with Gasteiger partial charge in [-0.1, -0.05) is 37.1 Å². The van der Waals surface area contributed by atoms with Gasteiger partial charge in [-0.25, -0.2) is 0 Å². The van der Waals surface area contributed by atoms with E-state index in [1.807, 2.05) is 31.2 Å². The molecule has 18 heavy (non-hydrogen) atoms. The summed E-state index contributed by atoms with van der Waals surface area (Å²) < 4.78 is 0. The molecule has 0 aliphatic carbocycles. The van der Waals surface area contributed by atoms with Gasteiger partial charge in [-0.05, 0) is 37.3 Å². The lowest BCUT2D eigenvalue weighted by atomic mass is 9.92. The van der Waals surface area contributed by atoms with Crippen LogP contribution in [0.25, 0.3) is 0 Å². The summed E-state index contributed by atoms with van der Waals surface area (Å²) in [7, 11) is 0. The second kappa shape index (κ2) is 7.88. The third kappa shape index (κ3) is 4.88. The van der Waals surface area contributed by atoms with Crippen LogP contribution >= 0.6 is 0 Å². The smallest absolute Gasteiger partial charge is 0.306 e. The molecule has 0 heterocycles. The number of aliphatic hydroxyl groups is 1. The third-order valence-corrected chi connectivity index (χ3v) is 3.29. The van der Waals surface area contributed by atoms with Crippen molar-refractivity contribution in [3.63, 3.8) is 0 Å². The summed E-state index contributed by atoms with van der Waals surface area (Å²) in [6, 6.07) is 7.93. The van der Waals surface area contributed by atoms with Crippen LogP contribution in [0.1, 0.15) is 36.8 Å². The minimum absolute atomic E-state index is 0.190. The lowest BCUT2D eigenvalue weighted by Gasteiger charge is -2.13. The normalized spacial score (nSPS) is 12.3. The van der Waals surface area contributed by atoms with E-state index in [2.05, 4.69) is 0 Å². The van der Waals surface area contributed by atoms with Crippen molar-refractivity contribution in [1.82, 2.24) is 0 Å². The Morgan fingerprint density at radius 1 is 1.22 bits per heavy atom. The monoisotopic (exact) mass is 250 g/mol. The van der Waals surface area contributed by atoms with E-state index in [1.54, 1.807) is 0 Å². The van der Waals surface area contributed by atoms with Gasteiger partial charge in [0.2, 0.25) is 0 Å². The first-order chi connectivity index (χ1) is 8.65. The van der Waals surface area contributed by atoms with E-state index in [9.17, 15) is 9.90 Å². The lowest BCUT2D eigenvalue weighted by molar-refractivity contribution is -0.142. The van der Waals surface area contributed by atoms with E-state index in [1.165, 1.54) is 0 Å². The van der Waals surface area contributed by atoms with E-state index in [-0.39, 0.29) is 12.5 Å². The second-order valence-corrected chi connectivity index (χ2v) is 4.74. The van der Waals surface area contributed by atoms with E-state index >= 15 is 0 Å². The summed E-state index contributed by atoms with van der Waals surface area (Å²) in [6.45, 7) is 2.20. The van der Waals surface area contributed by atoms with Crippen molar-refractivity contribution < 1.29 is 15.0 Å². The maximum Gasteiger partial charge on any atom is 0.306 e. The number of rotatable bonds is 8. The van der Waals surface area contributed by atoms with Gasteiger partial charge in [-0.2, -0.15) is 0 Å². The number of carbonyl (C=O) groups is 1. The quantitative estimate of drug-likeness (QED) is 0.697. The van der Waals surface area contributed by atoms with Crippen LogP contribution in [0.4, 0.5) is 0 Å². The topological polar surface area (TPSA) is 57.5 Å². The Morgan fingerprint density at radius 2 is 1.94 bits per heavy atom. The molecule has 1 aromatic rings. The van der Waals surface area contributed by atoms with Crippen LogP contribution in [-0.2, 0) is 11.2 Å². The zero-order valence-electron chi connectivity index (χ0n) is 10.9. The van der Waals surface area contributed by atoms with Crippen LogP contribution in [0.5, 0.6) is 0 Å². The van der Waals surface area contributed by atoms with Crippen molar-refractivity contribution in [3.05, 3.63) is 35.4 Å². The summed E-state index contributed by atoms with van der Waals surface area (Å²) >= 11 is 0. The Balaban J connectivity index is 2.53. The Labute approximate surface area is 108 Å². The molecule has 0 spiro atoms. The summed E-state index contributed by atoms with van der Waals surface area (Å²) in [5.41, 5.74) is 2.27. The molecule has 0 bridgehead atoms. The van der Waals surface area contributed by atoms with Gasteiger partial charge in [0.15, 0.2) is 0 Å². The molecule has 0 saturated carbocycles. The molecule has 0 aliphatic rings. The van der Waals surface area contributed by atoms with Crippen molar-refractivity contribution >= 4 is 5.97 Å². The molecule has 0 aliphatic heterocycles. The standard InChI is InChI=1S/C15H22O3/c1-12-7-4-5-8-13(12)11-14(15(17)18)9-3-2-6-10-16/h4-5,7-8,14,16H,2-3,6,9-11H2,1H3,(H,17,18). The molecule has 1 rings (SSSR count). The number of unbranched alkanes of at least 4 members (excludes halogenated alkanes) is 2. The van der Waals surface area contributed by atoms with Crippen molar-refractivity contribution in [2.24, 2.45) is 5.92 Å². The first-order valence-electron chi connectivity index (χ1n) is 6.53. The first kappa shape index (κ1) is 14.7. The fourth-order valence-corrected chi connectivity index (χ4v) is 2.10. The van der Waals surface area contributed by atoms with E-state index in [0.29, 0.717) is 12.8 Å². The summed E-state index contributed by atoms with van der Waals surface area (Å²) in [5.74, 6) is -1.04. The van der Waals surface area contributed by atoms with Gasteiger partial charge >= 0.3 is 5.97 Å². The van der Waals surface area contributed by atoms with Crippen LogP contribution < -0.4 is 0 Å². The Morgan fingerprint density at radius 3 is 2.56 bits per heavy atom. The average molecular weight is 250 g/mol. The fraction of sp³-hybridized carbons (Fsp3) is 0.533. The largest absolute Gasteiger partial charge is 0.481 e. The number of aliphatic hydroxyl groups excluding tert-OH is 1. The van der Waals surface area contributed by atoms with E-state index in [4.69, 9.17) is 5.11 Å². The van der Waals surface area contributed by atoms with Crippen molar-refractivity contribution in [2.45, 2.75) is 39.0 Å². The van der Waals surface area contributed by atoms with Gasteiger partial charge in [0.05, 0.1) is 5.92 Å². The molecule has 1 unspecified atom stereocenters. The number of carboxylic acids is 1. The molecule has 0 aromatic heterocycles. The van der Waals surface area contributed by atoms with Gasteiger partial charge in [0, 0.05) is 6.61 Å². The maximum absolute atomic E-state index is 11.2. The van der Waals surface area contributed by atoms with E-state index < -0.39 is 5.97 Å². The van der Waals surface area contributed by atoms with E-state index in [0.717, 1.165) is 30.4 Å². The average Bonchev–Trinajstić information content (AvgIpc) is 2.35. The highest BCUT2D eigenvalue weighted by atomic mass is 16.4. The molecule has 0 saturated heterocycles. The number of hydrogen-bond acceptors (Lipinski definition) is 2. The number of hydrogen-bond donors (Lipinski definition) is 2. The third-order valence-electron chi connectivity index (χ3n) is 3.29. The Hall–Kier alpha value is -1.35. The number of benzene rings is 1. The number of aliphatic carboxylic acids is 1. The lowest BCUT2D eigenvalue weighted by Crippen LogP contribution is -2.17. The predicted molar refractivity (Wildman–Crippen MR) is 71.6 cm³/mol. The minimum Gasteiger partial charge on any atom is -0.481 e. The first-order valence-corrected chi connectivity index (χ1v) is 6.53. The molecule has 2 N–H and O–H groups in total. The van der Waals surface area contributed by atoms with Gasteiger partial charge < -0.3 is 10.2 Å². The second-order valence-electron chi connectivity index (χ2n) is 4.74. The van der Waals surface area contributed by atoms with Crippen LogP contribution in [0.2, 0.25) is 0 Å². The van der Waals surface area contributed by atoms with Crippen molar-refractivity contribution in [3.8, 4) is 0 Å². The van der Waals surface area contributed by atoms with Gasteiger partial charge in [-0.3, -0.25) is 4.79 Å². The maximum atomic E-state index is 11.2. The van der Waals surface area contributed by atoms with Gasteiger partial charge in [-0.15, -0.1) is 0 Å². The Bertz CT molecular complexity index is 374. The number of aryl methyl sites for hydroxylation is 1.